The minimum Gasteiger partial charge on any atom is -0.497 e. The Morgan fingerprint density at radius 3 is 2.62 bits per heavy atom. The van der Waals surface area contributed by atoms with Gasteiger partial charge in [0.05, 0.1) is 12.7 Å². The van der Waals surface area contributed by atoms with E-state index in [9.17, 15) is 14.7 Å². The van der Waals surface area contributed by atoms with Crippen molar-refractivity contribution in [2.24, 2.45) is 0 Å². The predicted molar refractivity (Wildman–Crippen MR) is 83.8 cm³/mol. The van der Waals surface area contributed by atoms with Gasteiger partial charge in [-0.25, -0.2) is 4.79 Å². The summed E-state index contributed by atoms with van der Waals surface area (Å²) in [5, 5.41) is 19.5. The van der Waals surface area contributed by atoms with Gasteiger partial charge in [0.25, 0.3) is 5.91 Å². The minimum atomic E-state index is -1.17. The summed E-state index contributed by atoms with van der Waals surface area (Å²) in [4.78, 5) is 23.9. The highest BCUT2D eigenvalue weighted by molar-refractivity contribution is 5.96. The van der Waals surface area contributed by atoms with Gasteiger partial charge in [0.1, 0.15) is 12.1 Å². The molecule has 122 valence electrons. The molecule has 0 saturated heterocycles. The Balaban J connectivity index is 1.83. The normalized spacial score (nSPS) is 11.9. The van der Waals surface area contributed by atoms with Crippen molar-refractivity contribution in [3.63, 3.8) is 0 Å². The second-order valence-electron chi connectivity index (χ2n) is 5.03. The third kappa shape index (κ3) is 3.02. The average molecular weight is 326 g/mol. The number of amides is 1. The van der Waals surface area contributed by atoms with Gasteiger partial charge in [-0.15, -0.1) is 10.2 Å². The van der Waals surface area contributed by atoms with E-state index in [2.05, 4.69) is 15.5 Å². The van der Waals surface area contributed by atoms with Crippen LogP contribution in [0.4, 0.5) is 0 Å². The van der Waals surface area contributed by atoms with Gasteiger partial charge in [0.2, 0.25) is 0 Å². The first-order valence-electron chi connectivity index (χ1n) is 7.05. The van der Waals surface area contributed by atoms with Crippen molar-refractivity contribution in [2.45, 2.75) is 6.04 Å². The molecule has 0 spiro atoms. The van der Waals surface area contributed by atoms with Gasteiger partial charge in [0.15, 0.2) is 11.7 Å². The summed E-state index contributed by atoms with van der Waals surface area (Å²) in [6.45, 7) is 0. The summed E-state index contributed by atoms with van der Waals surface area (Å²) in [6.07, 6.45) is 3.00. The Kier molecular flexibility index (Phi) is 4.11. The molecular weight excluding hydrogens is 312 g/mol. The van der Waals surface area contributed by atoms with Gasteiger partial charge in [0, 0.05) is 6.20 Å². The van der Waals surface area contributed by atoms with E-state index in [-0.39, 0.29) is 0 Å². The highest BCUT2D eigenvalue weighted by atomic mass is 16.5. The molecule has 0 bridgehead atoms. The Morgan fingerprint density at radius 2 is 1.96 bits per heavy atom. The molecule has 2 N–H and O–H groups in total. The highest BCUT2D eigenvalue weighted by Crippen LogP contribution is 2.18. The molecule has 8 heteroatoms. The number of pyridine rings is 1. The smallest absolute Gasteiger partial charge is 0.330 e. The maximum Gasteiger partial charge on any atom is 0.330 e. The first-order chi connectivity index (χ1) is 11.6. The van der Waals surface area contributed by atoms with Gasteiger partial charge < -0.3 is 15.2 Å². The van der Waals surface area contributed by atoms with Crippen LogP contribution in [0.15, 0.2) is 48.9 Å². The topological polar surface area (TPSA) is 106 Å². The number of carbonyl (C=O) groups excluding carboxylic acids is 1. The molecule has 0 fully saturated rings. The zero-order chi connectivity index (χ0) is 17.1. The molecule has 3 aromatic rings. The number of methoxy groups -OCH3 is 1. The molecule has 1 atom stereocenters. The molecule has 0 saturated carbocycles. The number of aliphatic carboxylic acids is 1. The lowest BCUT2D eigenvalue weighted by Crippen LogP contribution is -2.33. The van der Waals surface area contributed by atoms with Crippen LogP contribution in [-0.2, 0) is 4.79 Å². The number of fused-ring (bicyclic) bond motifs is 1. The fourth-order valence-electron chi connectivity index (χ4n) is 2.26. The standard InChI is InChI=1S/C16H14N4O4/c1-24-12-5-2-10(3-6-12)14(16(22)23)18-15(21)11-4-7-13-19-17-9-20(13)8-11/h2-9,14H,1H3,(H,18,21)(H,22,23)/t14-/m1/s1. The largest absolute Gasteiger partial charge is 0.497 e. The highest BCUT2D eigenvalue weighted by Gasteiger charge is 2.23. The number of benzene rings is 1. The summed E-state index contributed by atoms with van der Waals surface area (Å²) in [6, 6.07) is 8.50. The minimum absolute atomic E-state index is 0.307. The summed E-state index contributed by atoms with van der Waals surface area (Å²) in [7, 11) is 1.52. The number of aromatic nitrogens is 3. The fraction of sp³-hybridized carbons (Fsp3) is 0.125. The van der Waals surface area contributed by atoms with Gasteiger partial charge >= 0.3 is 5.97 Å². The maximum atomic E-state index is 12.4. The van der Waals surface area contributed by atoms with E-state index in [1.54, 1.807) is 40.8 Å². The first-order valence-corrected chi connectivity index (χ1v) is 7.05. The van der Waals surface area contributed by atoms with Crippen LogP contribution in [0.2, 0.25) is 0 Å². The van der Waals surface area contributed by atoms with Crippen molar-refractivity contribution >= 4 is 17.5 Å². The van der Waals surface area contributed by atoms with Gasteiger partial charge in [-0.1, -0.05) is 12.1 Å². The molecule has 0 aliphatic heterocycles. The summed E-state index contributed by atoms with van der Waals surface area (Å²) in [5.41, 5.74) is 1.35. The number of hydrogen-bond acceptors (Lipinski definition) is 5. The Hall–Kier alpha value is -3.42. The van der Waals surface area contributed by atoms with Crippen LogP contribution in [0.25, 0.3) is 5.65 Å². The number of carbonyl (C=O) groups is 2. The maximum absolute atomic E-state index is 12.4. The quantitative estimate of drug-likeness (QED) is 0.732. The second kappa shape index (κ2) is 6.37. The van der Waals surface area contributed by atoms with Gasteiger partial charge in [-0.2, -0.15) is 0 Å². The van der Waals surface area contributed by atoms with Crippen molar-refractivity contribution < 1.29 is 19.4 Å². The molecule has 8 nitrogen and oxygen atoms in total. The third-order valence-corrected chi connectivity index (χ3v) is 3.52. The van der Waals surface area contributed by atoms with Gasteiger partial charge in [-0.05, 0) is 29.8 Å². The van der Waals surface area contributed by atoms with Crippen molar-refractivity contribution in [3.05, 3.63) is 60.0 Å². The molecule has 2 aromatic heterocycles. The fourth-order valence-corrected chi connectivity index (χ4v) is 2.26. The van der Waals surface area contributed by atoms with Crippen LogP contribution < -0.4 is 10.1 Å². The number of rotatable bonds is 5. The summed E-state index contributed by atoms with van der Waals surface area (Å²) < 4.78 is 6.63. The van der Waals surface area contributed by atoms with Gasteiger partial charge in [-0.3, -0.25) is 9.20 Å². The molecule has 0 aliphatic carbocycles. The Morgan fingerprint density at radius 1 is 1.21 bits per heavy atom. The van der Waals surface area contributed by atoms with Crippen LogP contribution in [0.3, 0.4) is 0 Å². The van der Waals surface area contributed by atoms with Crippen molar-refractivity contribution in [1.82, 2.24) is 19.9 Å². The first kappa shape index (κ1) is 15.5. The van der Waals surface area contributed by atoms with E-state index >= 15 is 0 Å². The van der Waals surface area contributed by atoms with E-state index in [1.807, 2.05) is 0 Å². The van der Waals surface area contributed by atoms with Crippen LogP contribution in [0.5, 0.6) is 5.75 Å². The Bertz CT molecular complexity index is 888. The Labute approximate surface area is 136 Å². The van der Waals surface area contributed by atoms with Crippen molar-refractivity contribution in [3.8, 4) is 5.75 Å². The average Bonchev–Trinajstić information content (AvgIpc) is 3.07. The number of nitrogens with zero attached hydrogens (tertiary/aromatic N) is 3. The molecule has 3 rings (SSSR count). The second-order valence-corrected chi connectivity index (χ2v) is 5.03. The van der Waals surface area contributed by atoms with E-state index < -0.39 is 17.9 Å². The predicted octanol–water partition coefficient (Wildman–Crippen LogP) is 1.29. The number of carboxylic acids is 1. The zero-order valence-corrected chi connectivity index (χ0v) is 12.7. The van der Waals surface area contributed by atoms with E-state index in [0.29, 0.717) is 22.5 Å². The molecule has 0 radical (unpaired) electrons. The third-order valence-electron chi connectivity index (χ3n) is 3.52. The van der Waals surface area contributed by atoms with Crippen LogP contribution in [-0.4, -0.2) is 38.7 Å². The summed E-state index contributed by atoms with van der Waals surface area (Å²) >= 11 is 0. The van der Waals surface area contributed by atoms with Crippen LogP contribution in [0.1, 0.15) is 22.0 Å². The lowest BCUT2D eigenvalue weighted by Gasteiger charge is -2.15. The zero-order valence-electron chi connectivity index (χ0n) is 12.7. The SMILES string of the molecule is COc1ccc([C@@H](NC(=O)c2ccc3nncn3c2)C(=O)O)cc1. The number of ether oxygens (including phenoxy) is 1. The molecule has 24 heavy (non-hydrogen) atoms. The molecule has 1 aromatic carbocycles. The summed E-state index contributed by atoms with van der Waals surface area (Å²) in [5.74, 6) is -1.06. The van der Waals surface area contributed by atoms with E-state index in [0.717, 1.165) is 0 Å². The van der Waals surface area contributed by atoms with Crippen LogP contribution in [0, 0.1) is 0 Å². The van der Waals surface area contributed by atoms with Crippen molar-refractivity contribution in [2.75, 3.05) is 7.11 Å². The van der Waals surface area contributed by atoms with E-state index in [1.165, 1.54) is 19.6 Å². The lowest BCUT2D eigenvalue weighted by molar-refractivity contribution is -0.139. The molecule has 0 unspecified atom stereocenters. The number of carboxylic acid groups (broad SMARTS) is 1. The van der Waals surface area contributed by atoms with Crippen molar-refractivity contribution in [1.29, 1.82) is 0 Å². The molecule has 1 amide bonds. The van der Waals surface area contributed by atoms with E-state index in [4.69, 9.17) is 4.74 Å². The lowest BCUT2D eigenvalue weighted by atomic mass is 10.1. The number of nitrogens with one attached hydrogen (secondary N) is 1. The monoisotopic (exact) mass is 326 g/mol. The number of hydrogen-bond donors (Lipinski definition) is 2. The molecular formula is C16H14N4O4. The molecule has 0 aliphatic rings. The molecule has 2 heterocycles. The van der Waals surface area contributed by atoms with Crippen LogP contribution >= 0.6 is 0 Å².